The van der Waals surface area contributed by atoms with Crippen LogP contribution in [0.15, 0.2) is 70.1 Å². The second-order valence-corrected chi connectivity index (χ2v) is 8.24. The molecule has 1 amide bonds. The molecule has 0 saturated carbocycles. The van der Waals surface area contributed by atoms with Crippen LogP contribution in [0.25, 0.3) is 11.3 Å². The van der Waals surface area contributed by atoms with Crippen molar-refractivity contribution in [2.45, 2.75) is 24.7 Å². The third-order valence-corrected chi connectivity index (χ3v) is 5.81. The fourth-order valence-corrected chi connectivity index (χ4v) is 3.40. The zero-order valence-electron chi connectivity index (χ0n) is 14.9. The van der Waals surface area contributed by atoms with Crippen molar-refractivity contribution >= 4 is 21.4 Å². The number of benzene rings is 2. The van der Waals surface area contributed by atoms with Crippen molar-refractivity contribution in [3.63, 3.8) is 0 Å². The van der Waals surface area contributed by atoms with Crippen LogP contribution in [0, 0.1) is 0 Å². The first-order chi connectivity index (χ1) is 13.0. The molecule has 27 heavy (non-hydrogen) atoms. The molecule has 0 aliphatic heterocycles. The van der Waals surface area contributed by atoms with Crippen molar-refractivity contribution in [2.24, 2.45) is 0 Å². The molecule has 0 atom stereocenters. The van der Waals surface area contributed by atoms with E-state index in [9.17, 15) is 13.2 Å². The number of nitrogens with zero attached hydrogens (tertiary/aromatic N) is 1. The Hall–Kier alpha value is -2.93. The van der Waals surface area contributed by atoms with Crippen molar-refractivity contribution < 1.29 is 17.6 Å². The van der Waals surface area contributed by atoms with Gasteiger partial charge in [0, 0.05) is 24.1 Å². The van der Waals surface area contributed by atoms with Gasteiger partial charge >= 0.3 is 0 Å². The number of aromatic nitrogens is 1. The molecule has 0 fully saturated rings. The number of aryl methyl sites for hydroxylation is 1. The number of oxazole rings is 1. The van der Waals surface area contributed by atoms with Crippen LogP contribution in [0.5, 0.6) is 0 Å². The lowest BCUT2D eigenvalue weighted by Crippen LogP contribution is -2.12. The number of amides is 1. The Bertz CT molecular complexity index is 1010. The molecule has 0 aliphatic rings. The lowest BCUT2D eigenvalue weighted by molar-refractivity contribution is -0.116. The van der Waals surface area contributed by atoms with Gasteiger partial charge in [0.15, 0.2) is 21.5 Å². The summed E-state index contributed by atoms with van der Waals surface area (Å²) in [4.78, 5) is 16.6. The first-order valence-electron chi connectivity index (χ1n) is 8.61. The van der Waals surface area contributed by atoms with Gasteiger partial charge in [0.05, 0.1) is 16.8 Å². The van der Waals surface area contributed by atoms with E-state index in [1.165, 1.54) is 12.1 Å². The number of carbonyl (C=O) groups is 1. The van der Waals surface area contributed by atoms with Crippen LogP contribution in [-0.4, -0.2) is 25.1 Å². The second-order valence-electron chi connectivity index (χ2n) is 5.96. The standard InChI is InChI=1S/C20H20N2O4S/c1-2-27(24,25)17-10-8-16(9-11-17)22-19(23)12-13-20-21-14-18(26-20)15-6-4-3-5-7-15/h3-11,14H,2,12-13H2,1H3,(H,22,23). The predicted molar refractivity (Wildman–Crippen MR) is 103 cm³/mol. The Morgan fingerprint density at radius 2 is 1.78 bits per heavy atom. The molecule has 2 aromatic carbocycles. The summed E-state index contributed by atoms with van der Waals surface area (Å²) < 4.78 is 29.3. The fraction of sp³-hybridized carbons (Fsp3) is 0.200. The second kappa shape index (κ2) is 8.18. The predicted octanol–water partition coefficient (Wildman–Crippen LogP) is 3.71. The highest BCUT2D eigenvalue weighted by molar-refractivity contribution is 7.91. The minimum absolute atomic E-state index is 0.0415. The molecule has 0 bridgehead atoms. The van der Waals surface area contributed by atoms with Gasteiger partial charge in [-0.1, -0.05) is 37.3 Å². The van der Waals surface area contributed by atoms with Crippen molar-refractivity contribution in [1.82, 2.24) is 4.98 Å². The molecular formula is C20H20N2O4S. The van der Waals surface area contributed by atoms with Crippen molar-refractivity contribution in [3.8, 4) is 11.3 Å². The number of carbonyl (C=O) groups excluding carboxylic acids is 1. The van der Waals surface area contributed by atoms with E-state index in [1.54, 1.807) is 25.3 Å². The Labute approximate surface area is 158 Å². The monoisotopic (exact) mass is 384 g/mol. The summed E-state index contributed by atoms with van der Waals surface area (Å²) in [5.74, 6) is 1.01. The van der Waals surface area contributed by atoms with E-state index in [1.807, 2.05) is 30.3 Å². The van der Waals surface area contributed by atoms with Crippen molar-refractivity contribution in [1.29, 1.82) is 0 Å². The molecule has 6 nitrogen and oxygen atoms in total. The topological polar surface area (TPSA) is 89.3 Å². The summed E-state index contributed by atoms with van der Waals surface area (Å²) in [5, 5.41) is 2.74. The van der Waals surface area contributed by atoms with Crippen LogP contribution in [0.1, 0.15) is 19.2 Å². The molecule has 7 heteroatoms. The van der Waals surface area contributed by atoms with E-state index in [0.717, 1.165) is 5.56 Å². The summed E-state index contributed by atoms with van der Waals surface area (Å²) in [5.41, 5.74) is 1.48. The molecule has 3 aromatic rings. The molecule has 0 saturated heterocycles. The molecule has 0 spiro atoms. The van der Waals surface area contributed by atoms with Crippen LogP contribution in [0.2, 0.25) is 0 Å². The summed E-state index contributed by atoms with van der Waals surface area (Å²) in [6, 6.07) is 15.8. The highest BCUT2D eigenvalue weighted by atomic mass is 32.2. The van der Waals surface area contributed by atoms with Gasteiger partial charge in [-0.3, -0.25) is 4.79 Å². The Balaban J connectivity index is 1.55. The largest absolute Gasteiger partial charge is 0.441 e. The van der Waals surface area contributed by atoms with Gasteiger partial charge in [-0.15, -0.1) is 0 Å². The number of hydrogen-bond acceptors (Lipinski definition) is 5. The average Bonchev–Trinajstić information content (AvgIpc) is 3.17. The van der Waals surface area contributed by atoms with Crippen LogP contribution in [-0.2, 0) is 21.1 Å². The fourth-order valence-electron chi connectivity index (χ4n) is 2.52. The third kappa shape index (κ3) is 4.83. The van der Waals surface area contributed by atoms with Gasteiger partial charge in [-0.2, -0.15) is 0 Å². The number of nitrogens with one attached hydrogen (secondary N) is 1. The van der Waals surface area contributed by atoms with Gasteiger partial charge in [0.25, 0.3) is 0 Å². The van der Waals surface area contributed by atoms with E-state index in [2.05, 4.69) is 10.3 Å². The molecule has 1 N–H and O–H groups in total. The van der Waals surface area contributed by atoms with Crippen LogP contribution in [0.4, 0.5) is 5.69 Å². The Kier molecular flexibility index (Phi) is 5.71. The average molecular weight is 384 g/mol. The third-order valence-electron chi connectivity index (χ3n) is 4.06. The SMILES string of the molecule is CCS(=O)(=O)c1ccc(NC(=O)CCc2ncc(-c3ccccc3)o2)cc1. The lowest BCUT2D eigenvalue weighted by atomic mass is 10.2. The molecule has 3 rings (SSSR count). The molecule has 140 valence electrons. The Morgan fingerprint density at radius 1 is 1.07 bits per heavy atom. The minimum Gasteiger partial charge on any atom is -0.441 e. The van der Waals surface area contributed by atoms with E-state index in [-0.39, 0.29) is 23.0 Å². The number of anilines is 1. The molecule has 0 aliphatic carbocycles. The maximum atomic E-state index is 12.1. The van der Waals surface area contributed by atoms with Crippen LogP contribution < -0.4 is 5.32 Å². The summed E-state index contributed by atoms with van der Waals surface area (Å²) in [6.07, 6.45) is 2.24. The molecular weight excluding hydrogens is 364 g/mol. The first kappa shape index (κ1) is 18.8. The first-order valence-corrected chi connectivity index (χ1v) is 10.3. The molecule has 0 unspecified atom stereocenters. The lowest BCUT2D eigenvalue weighted by Gasteiger charge is -2.06. The number of sulfone groups is 1. The van der Waals surface area contributed by atoms with Crippen LogP contribution >= 0.6 is 0 Å². The smallest absolute Gasteiger partial charge is 0.224 e. The summed E-state index contributed by atoms with van der Waals surface area (Å²) in [7, 11) is -3.24. The van der Waals surface area contributed by atoms with Gasteiger partial charge in [0.1, 0.15) is 0 Å². The zero-order valence-corrected chi connectivity index (χ0v) is 15.7. The molecule has 0 radical (unpaired) electrons. The van der Waals surface area contributed by atoms with E-state index in [4.69, 9.17) is 4.42 Å². The van der Waals surface area contributed by atoms with Gasteiger partial charge in [-0.25, -0.2) is 13.4 Å². The maximum absolute atomic E-state index is 12.1. The van der Waals surface area contributed by atoms with Crippen molar-refractivity contribution in [2.75, 3.05) is 11.1 Å². The number of hydrogen-bond donors (Lipinski definition) is 1. The van der Waals surface area contributed by atoms with E-state index >= 15 is 0 Å². The van der Waals surface area contributed by atoms with Crippen molar-refractivity contribution in [3.05, 3.63) is 66.7 Å². The van der Waals surface area contributed by atoms with Crippen LogP contribution in [0.3, 0.4) is 0 Å². The Morgan fingerprint density at radius 3 is 2.44 bits per heavy atom. The van der Waals surface area contributed by atoms with Gasteiger partial charge in [-0.05, 0) is 24.3 Å². The number of rotatable bonds is 7. The normalized spacial score (nSPS) is 11.3. The summed E-state index contributed by atoms with van der Waals surface area (Å²) in [6.45, 7) is 1.59. The summed E-state index contributed by atoms with van der Waals surface area (Å²) >= 11 is 0. The molecule has 1 aromatic heterocycles. The van der Waals surface area contributed by atoms with Gasteiger partial charge in [0.2, 0.25) is 5.91 Å². The zero-order chi connectivity index (χ0) is 19.3. The quantitative estimate of drug-likeness (QED) is 0.671. The van der Waals surface area contributed by atoms with E-state index < -0.39 is 9.84 Å². The molecule has 1 heterocycles. The highest BCUT2D eigenvalue weighted by Crippen LogP contribution is 2.20. The maximum Gasteiger partial charge on any atom is 0.224 e. The van der Waals surface area contributed by atoms with E-state index in [0.29, 0.717) is 23.8 Å². The highest BCUT2D eigenvalue weighted by Gasteiger charge is 2.12. The van der Waals surface area contributed by atoms with Gasteiger partial charge < -0.3 is 9.73 Å². The minimum atomic E-state index is -3.24.